The molecule has 1 aromatic rings. The minimum absolute atomic E-state index is 0.461. The zero-order valence-electron chi connectivity index (χ0n) is 12.2. The molecule has 1 heterocycles. The molecule has 0 amide bonds. The molecular weight excluding hydrogens is 258 g/mol. The third kappa shape index (κ3) is 4.84. The zero-order valence-corrected chi connectivity index (χ0v) is 12.2. The fraction of sp³-hybridized carbons (Fsp3) is 0.625. The van der Waals surface area contributed by atoms with Crippen molar-refractivity contribution >= 4 is 0 Å². The number of rotatable bonds is 6. The summed E-state index contributed by atoms with van der Waals surface area (Å²) in [4.78, 5) is 2.50. The highest BCUT2D eigenvalue weighted by molar-refractivity contribution is 5.18. The molecule has 0 saturated carbocycles. The van der Waals surface area contributed by atoms with Crippen molar-refractivity contribution in [3.05, 3.63) is 35.4 Å². The van der Waals surface area contributed by atoms with Crippen LogP contribution in [-0.4, -0.2) is 31.1 Å². The van der Waals surface area contributed by atoms with Gasteiger partial charge in [-0.1, -0.05) is 13.0 Å². The predicted molar refractivity (Wildman–Crippen MR) is 77.5 cm³/mol. The van der Waals surface area contributed by atoms with Crippen LogP contribution >= 0.6 is 0 Å². The minimum Gasteiger partial charge on any atom is -0.313 e. The number of halogens is 2. The van der Waals surface area contributed by atoms with Gasteiger partial charge in [0.1, 0.15) is 11.6 Å². The van der Waals surface area contributed by atoms with Crippen molar-refractivity contribution in [1.29, 1.82) is 0 Å². The second-order valence-electron chi connectivity index (χ2n) is 5.79. The first-order valence-electron chi connectivity index (χ1n) is 7.52. The van der Waals surface area contributed by atoms with Crippen LogP contribution in [0.1, 0.15) is 31.7 Å². The summed E-state index contributed by atoms with van der Waals surface area (Å²) < 4.78 is 26.2. The van der Waals surface area contributed by atoms with Gasteiger partial charge < -0.3 is 10.2 Å². The number of hydrogen-bond donors (Lipinski definition) is 1. The van der Waals surface area contributed by atoms with Gasteiger partial charge in [0, 0.05) is 18.2 Å². The van der Waals surface area contributed by atoms with Crippen molar-refractivity contribution in [3.63, 3.8) is 0 Å². The second-order valence-corrected chi connectivity index (χ2v) is 5.79. The molecule has 1 N–H and O–H groups in total. The van der Waals surface area contributed by atoms with Gasteiger partial charge in [-0.25, -0.2) is 8.78 Å². The molecule has 1 aromatic carbocycles. The summed E-state index contributed by atoms with van der Waals surface area (Å²) in [5, 5.41) is 3.22. The first kappa shape index (κ1) is 15.4. The van der Waals surface area contributed by atoms with Gasteiger partial charge in [0.25, 0.3) is 0 Å². The van der Waals surface area contributed by atoms with Gasteiger partial charge in [-0.05, 0) is 57.4 Å². The van der Waals surface area contributed by atoms with E-state index >= 15 is 0 Å². The van der Waals surface area contributed by atoms with Crippen molar-refractivity contribution < 1.29 is 8.78 Å². The van der Waals surface area contributed by atoms with E-state index in [1.807, 2.05) is 0 Å². The van der Waals surface area contributed by atoms with Crippen LogP contribution in [0.25, 0.3) is 0 Å². The topological polar surface area (TPSA) is 15.3 Å². The lowest BCUT2D eigenvalue weighted by Crippen LogP contribution is -2.34. The number of nitrogens with zero attached hydrogens (tertiary/aromatic N) is 1. The molecule has 0 aliphatic carbocycles. The lowest BCUT2D eigenvalue weighted by molar-refractivity contribution is 0.190. The van der Waals surface area contributed by atoms with Gasteiger partial charge in [0.05, 0.1) is 0 Å². The largest absolute Gasteiger partial charge is 0.313 e. The Morgan fingerprint density at radius 3 is 2.70 bits per heavy atom. The van der Waals surface area contributed by atoms with E-state index in [9.17, 15) is 8.78 Å². The lowest BCUT2D eigenvalue weighted by Gasteiger charge is -2.30. The van der Waals surface area contributed by atoms with Crippen LogP contribution in [-0.2, 0) is 6.54 Å². The van der Waals surface area contributed by atoms with Crippen molar-refractivity contribution in [2.24, 2.45) is 5.92 Å². The molecule has 2 nitrogen and oxygen atoms in total. The van der Waals surface area contributed by atoms with Crippen molar-refractivity contribution in [1.82, 2.24) is 10.2 Å². The van der Waals surface area contributed by atoms with Crippen molar-refractivity contribution in [2.75, 3.05) is 26.2 Å². The van der Waals surface area contributed by atoms with E-state index in [2.05, 4.69) is 17.1 Å². The minimum atomic E-state index is -0.523. The van der Waals surface area contributed by atoms with Gasteiger partial charge in [0.2, 0.25) is 0 Å². The van der Waals surface area contributed by atoms with Crippen LogP contribution in [0.2, 0.25) is 0 Å². The summed E-state index contributed by atoms with van der Waals surface area (Å²) in [7, 11) is 0. The summed E-state index contributed by atoms with van der Waals surface area (Å²) in [6.45, 7) is 7.15. The number of hydrogen-bond acceptors (Lipinski definition) is 2. The molecule has 20 heavy (non-hydrogen) atoms. The number of piperidine rings is 1. The SMILES string of the molecule is CC1CCN(CCCNCc2ccc(F)cc2F)CC1. The molecule has 0 atom stereocenters. The maximum Gasteiger partial charge on any atom is 0.130 e. The Morgan fingerprint density at radius 2 is 2.00 bits per heavy atom. The fourth-order valence-electron chi connectivity index (χ4n) is 2.60. The van der Waals surface area contributed by atoms with E-state index in [4.69, 9.17) is 0 Å². The Bertz CT molecular complexity index is 415. The van der Waals surface area contributed by atoms with E-state index in [0.717, 1.165) is 31.5 Å². The van der Waals surface area contributed by atoms with Crippen LogP contribution in [0, 0.1) is 17.6 Å². The molecule has 0 aromatic heterocycles. The van der Waals surface area contributed by atoms with E-state index in [0.29, 0.717) is 12.1 Å². The Kier molecular flexibility index (Phi) is 5.92. The van der Waals surface area contributed by atoms with Crippen LogP contribution in [0.15, 0.2) is 18.2 Å². The summed E-state index contributed by atoms with van der Waals surface area (Å²) in [6.07, 6.45) is 3.67. The Hall–Kier alpha value is -1.00. The number of benzene rings is 1. The highest BCUT2D eigenvalue weighted by Crippen LogP contribution is 2.15. The lowest BCUT2D eigenvalue weighted by atomic mass is 9.99. The molecule has 4 heteroatoms. The van der Waals surface area contributed by atoms with Crippen LogP contribution in [0.3, 0.4) is 0 Å². The first-order valence-corrected chi connectivity index (χ1v) is 7.52. The van der Waals surface area contributed by atoms with Crippen molar-refractivity contribution in [3.8, 4) is 0 Å². The van der Waals surface area contributed by atoms with E-state index in [1.165, 1.54) is 38.1 Å². The average molecular weight is 282 g/mol. The monoisotopic (exact) mass is 282 g/mol. The summed E-state index contributed by atoms with van der Waals surface area (Å²) in [6, 6.07) is 3.74. The fourth-order valence-corrected chi connectivity index (χ4v) is 2.60. The maximum absolute atomic E-state index is 13.4. The highest BCUT2D eigenvalue weighted by Gasteiger charge is 2.14. The first-order chi connectivity index (χ1) is 9.65. The molecule has 0 unspecified atom stereocenters. The van der Waals surface area contributed by atoms with Gasteiger partial charge >= 0.3 is 0 Å². The average Bonchev–Trinajstić information content (AvgIpc) is 2.42. The second kappa shape index (κ2) is 7.70. The normalized spacial score (nSPS) is 17.6. The molecule has 112 valence electrons. The standard InChI is InChI=1S/C16H24F2N2/c1-13-5-9-20(10-6-13)8-2-7-19-12-14-3-4-15(17)11-16(14)18/h3-4,11,13,19H,2,5-10,12H2,1H3. The summed E-state index contributed by atoms with van der Waals surface area (Å²) in [5.74, 6) is -0.126. The molecule has 2 rings (SSSR count). The quantitative estimate of drug-likeness (QED) is 0.806. The Labute approximate surface area is 120 Å². The van der Waals surface area contributed by atoms with Crippen LogP contribution < -0.4 is 5.32 Å². The van der Waals surface area contributed by atoms with Gasteiger partial charge in [0.15, 0.2) is 0 Å². The molecule has 0 spiro atoms. The van der Waals surface area contributed by atoms with Crippen LogP contribution in [0.4, 0.5) is 8.78 Å². The molecule has 0 radical (unpaired) electrons. The highest BCUT2D eigenvalue weighted by atomic mass is 19.1. The smallest absolute Gasteiger partial charge is 0.130 e. The van der Waals surface area contributed by atoms with E-state index in [1.54, 1.807) is 0 Å². The predicted octanol–water partition coefficient (Wildman–Crippen LogP) is 3.18. The van der Waals surface area contributed by atoms with E-state index in [-0.39, 0.29) is 0 Å². The molecule has 1 aliphatic rings. The number of nitrogens with one attached hydrogen (secondary N) is 1. The molecule has 1 fully saturated rings. The van der Waals surface area contributed by atoms with Crippen molar-refractivity contribution in [2.45, 2.75) is 32.7 Å². The molecule has 1 saturated heterocycles. The summed E-state index contributed by atoms with van der Waals surface area (Å²) in [5.41, 5.74) is 0.526. The van der Waals surface area contributed by atoms with Gasteiger partial charge in [-0.2, -0.15) is 0 Å². The molecule has 1 aliphatic heterocycles. The summed E-state index contributed by atoms with van der Waals surface area (Å²) >= 11 is 0. The van der Waals surface area contributed by atoms with Gasteiger partial charge in [-0.3, -0.25) is 0 Å². The van der Waals surface area contributed by atoms with Crippen LogP contribution in [0.5, 0.6) is 0 Å². The molecule has 0 bridgehead atoms. The van der Waals surface area contributed by atoms with Gasteiger partial charge in [-0.15, -0.1) is 0 Å². The van der Waals surface area contributed by atoms with E-state index < -0.39 is 11.6 Å². The zero-order chi connectivity index (χ0) is 14.4. The number of likely N-dealkylation sites (tertiary alicyclic amines) is 1. The Balaban J connectivity index is 1.59. The maximum atomic E-state index is 13.4. The third-order valence-electron chi connectivity index (χ3n) is 4.03. The third-order valence-corrected chi connectivity index (χ3v) is 4.03. The molecular formula is C16H24F2N2. The Morgan fingerprint density at radius 1 is 1.25 bits per heavy atom.